The van der Waals surface area contributed by atoms with Crippen LogP contribution in [-0.2, 0) is 11.2 Å². The molecule has 0 saturated heterocycles. The number of nitrogens with one attached hydrogen (secondary N) is 1. The van der Waals surface area contributed by atoms with Gasteiger partial charge >= 0.3 is 0 Å². The predicted octanol–water partition coefficient (Wildman–Crippen LogP) is 4.07. The molecule has 1 unspecified atom stereocenters. The summed E-state index contributed by atoms with van der Waals surface area (Å²) in [5.41, 5.74) is 1.39. The average molecular weight is 354 g/mol. The van der Waals surface area contributed by atoms with Gasteiger partial charge in [-0.3, -0.25) is 0 Å². The lowest BCUT2D eigenvalue weighted by molar-refractivity contribution is 0.199. The summed E-state index contributed by atoms with van der Waals surface area (Å²) in [5.74, 6) is 0.489. The first-order chi connectivity index (χ1) is 9.81. The van der Waals surface area contributed by atoms with E-state index in [2.05, 4.69) is 63.0 Å². The zero-order valence-electron chi connectivity index (χ0n) is 11.6. The van der Waals surface area contributed by atoms with E-state index < -0.39 is 0 Å². The quantitative estimate of drug-likeness (QED) is 0.722. The van der Waals surface area contributed by atoms with E-state index in [0.29, 0.717) is 5.92 Å². The summed E-state index contributed by atoms with van der Waals surface area (Å²) in [4.78, 5) is 1.41. The van der Waals surface area contributed by atoms with E-state index in [9.17, 15) is 0 Å². The number of ether oxygens (including phenoxy) is 1. The van der Waals surface area contributed by atoms with Gasteiger partial charge in [-0.15, -0.1) is 11.3 Å². The Morgan fingerprint density at radius 3 is 2.70 bits per heavy atom. The highest BCUT2D eigenvalue weighted by molar-refractivity contribution is 9.10. The molecule has 1 heterocycles. The van der Waals surface area contributed by atoms with E-state index in [-0.39, 0.29) is 0 Å². The summed E-state index contributed by atoms with van der Waals surface area (Å²) in [5, 5.41) is 5.62. The first kappa shape index (κ1) is 15.7. The molecule has 1 aromatic carbocycles. The number of hydrogen-bond donors (Lipinski definition) is 1. The van der Waals surface area contributed by atoms with Crippen molar-refractivity contribution in [1.29, 1.82) is 0 Å². The third kappa shape index (κ3) is 4.70. The van der Waals surface area contributed by atoms with Crippen molar-refractivity contribution >= 4 is 27.3 Å². The number of thiophene rings is 1. The van der Waals surface area contributed by atoms with Gasteiger partial charge in [0.1, 0.15) is 0 Å². The summed E-state index contributed by atoms with van der Waals surface area (Å²) < 4.78 is 6.31. The molecule has 108 valence electrons. The molecule has 2 nitrogen and oxygen atoms in total. The van der Waals surface area contributed by atoms with Crippen molar-refractivity contribution in [3.05, 3.63) is 56.7 Å². The maximum absolute atomic E-state index is 5.09. The highest BCUT2D eigenvalue weighted by Gasteiger charge is 2.14. The number of halogens is 1. The molecular weight excluding hydrogens is 334 g/mol. The van der Waals surface area contributed by atoms with Crippen molar-refractivity contribution in [2.75, 3.05) is 26.8 Å². The Labute approximate surface area is 133 Å². The van der Waals surface area contributed by atoms with Crippen LogP contribution in [-0.4, -0.2) is 26.8 Å². The molecular formula is C16H20BrNOS. The van der Waals surface area contributed by atoms with Gasteiger partial charge in [0.25, 0.3) is 0 Å². The zero-order valence-corrected chi connectivity index (χ0v) is 14.0. The predicted molar refractivity (Wildman–Crippen MR) is 89.7 cm³/mol. The second-order valence-corrected chi connectivity index (χ2v) is 6.56. The lowest BCUT2D eigenvalue weighted by Gasteiger charge is -2.18. The molecule has 0 aliphatic heterocycles. The number of benzene rings is 1. The molecule has 0 amide bonds. The minimum Gasteiger partial charge on any atom is -0.383 e. The Hall–Kier alpha value is -0.680. The number of methoxy groups -OCH3 is 1. The first-order valence-electron chi connectivity index (χ1n) is 6.77. The van der Waals surface area contributed by atoms with Gasteiger partial charge in [0.2, 0.25) is 0 Å². The van der Waals surface area contributed by atoms with Crippen molar-refractivity contribution < 1.29 is 4.74 Å². The average Bonchev–Trinajstić information content (AvgIpc) is 2.88. The van der Waals surface area contributed by atoms with Crippen molar-refractivity contribution in [2.45, 2.75) is 12.3 Å². The summed E-state index contributed by atoms with van der Waals surface area (Å²) in [7, 11) is 1.74. The third-order valence-corrected chi connectivity index (χ3v) is 5.22. The molecule has 1 N–H and O–H groups in total. The standard InChI is InChI=1S/C16H20BrNOS/c1-19-9-8-18-12-14(13-5-3-2-4-6-13)11-16-15(17)7-10-20-16/h2-7,10,14,18H,8-9,11-12H2,1H3. The molecule has 0 saturated carbocycles. The van der Waals surface area contributed by atoms with Crippen LogP contribution in [0.5, 0.6) is 0 Å². The van der Waals surface area contributed by atoms with E-state index in [4.69, 9.17) is 4.74 Å². The molecule has 0 fully saturated rings. The van der Waals surface area contributed by atoms with Crippen molar-refractivity contribution in [3.8, 4) is 0 Å². The van der Waals surface area contributed by atoms with Crippen LogP contribution in [0.25, 0.3) is 0 Å². The van der Waals surface area contributed by atoms with Crippen molar-refractivity contribution in [2.24, 2.45) is 0 Å². The van der Waals surface area contributed by atoms with Gasteiger partial charge in [-0.1, -0.05) is 30.3 Å². The van der Waals surface area contributed by atoms with Crippen LogP contribution in [0.3, 0.4) is 0 Å². The molecule has 0 aliphatic rings. The molecule has 1 atom stereocenters. The van der Waals surface area contributed by atoms with E-state index in [1.54, 1.807) is 7.11 Å². The molecule has 0 radical (unpaired) electrons. The summed E-state index contributed by atoms with van der Waals surface area (Å²) in [6.45, 7) is 2.62. The largest absolute Gasteiger partial charge is 0.383 e. The molecule has 20 heavy (non-hydrogen) atoms. The van der Waals surface area contributed by atoms with Crippen LogP contribution in [0.2, 0.25) is 0 Å². The van der Waals surface area contributed by atoms with Crippen molar-refractivity contribution in [1.82, 2.24) is 5.32 Å². The Balaban J connectivity index is 2.02. The van der Waals surface area contributed by atoms with Gasteiger partial charge < -0.3 is 10.1 Å². The molecule has 4 heteroatoms. The topological polar surface area (TPSA) is 21.3 Å². The van der Waals surface area contributed by atoms with Crippen molar-refractivity contribution in [3.63, 3.8) is 0 Å². The van der Waals surface area contributed by atoms with Crippen LogP contribution in [0.15, 0.2) is 46.3 Å². The second-order valence-electron chi connectivity index (χ2n) is 4.70. The summed E-state index contributed by atoms with van der Waals surface area (Å²) in [6, 6.07) is 12.8. The fourth-order valence-corrected chi connectivity index (χ4v) is 3.77. The van der Waals surface area contributed by atoms with Crippen LogP contribution in [0.4, 0.5) is 0 Å². The van der Waals surface area contributed by atoms with E-state index in [1.807, 2.05) is 11.3 Å². The van der Waals surface area contributed by atoms with Gasteiger partial charge in [0.05, 0.1) is 6.61 Å². The summed E-state index contributed by atoms with van der Waals surface area (Å²) >= 11 is 5.45. The number of rotatable bonds is 8. The van der Waals surface area contributed by atoms with Gasteiger partial charge in [0.15, 0.2) is 0 Å². The van der Waals surface area contributed by atoms with E-state index in [1.165, 1.54) is 14.9 Å². The Morgan fingerprint density at radius 2 is 2.05 bits per heavy atom. The second kappa shape index (κ2) is 8.57. The number of hydrogen-bond acceptors (Lipinski definition) is 3. The van der Waals surface area contributed by atoms with Crippen LogP contribution in [0, 0.1) is 0 Å². The zero-order chi connectivity index (χ0) is 14.2. The van der Waals surface area contributed by atoms with Crippen LogP contribution in [0.1, 0.15) is 16.4 Å². The van der Waals surface area contributed by atoms with Gasteiger partial charge in [0, 0.05) is 35.5 Å². The molecule has 0 aliphatic carbocycles. The van der Waals surface area contributed by atoms with E-state index in [0.717, 1.165) is 26.1 Å². The highest BCUT2D eigenvalue weighted by atomic mass is 79.9. The van der Waals surface area contributed by atoms with E-state index >= 15 is 0 Å². The fourth-order valence-electron chi connectivity index (χ4n) is 2.18. The highest BCUT2D eigenvalue weighted by Crippen LogP contribution is 2.29. The van der Waals surface area contributed by atoms with Gasteiger partial charge in [-0.05, 0) is 39.4 Å². The van der Waals surface area contributed by atoms with Gasteiger partial charge in [-0.25, -0.2) is 0 Å². The first-order valence-corrected chi connectivity index (χ1v) is 8.45. The fraction of sp³-hybridized carbons (Fsp3) is 0.375. The van der Waals surface area contributed by atoms with Crippen LogP contribution >= 0.6 is 27.3 Å². The van der Waals surface area contributed by atoms with Crippen LogP contribution < -0.4 is 5.32 Å². The van der Waals surface area contributed by atoms with Gasteiger partial charge in [-0.2, -0.15) is 0 Å². The lowest BCUT2D eigenvalue weighted by Crippen LogP contribution is -2.26. The lowest BCUT2D eigenvalue weighted by atomic mass is 9.95. The molecule has 2 rings (SSSR count). The maximum Gasteiger partial charge on any atom is 0.0587 e. The normalized spacial score (nSPS) is 12.5. The molecule has 0 spiro atoms. The molecule has 2 aromatic rings. The smallest absolute Gasteiger partial charge is 0.0587 e. The maximum atomic E-state index is 5.09. The monoisotopic (exact) mass is 353 g/mol. The molecule has 1 aromatic heterocycles. The minimum absolute atomic E-state index is 0.489. The Morgan fingerprint density at radius 1 is 1.25 bits per heavy atom. The molecule has 0 bridgehead atoms. The third-order valence-electron chi connectivity index (χ3n) is 3.27. The SMILES string of the molecule is COCCNCC(Cc1sccc1Br)c1ccccc1. The Kier molecular flexibility index (Phi) is 6.73. The Bertz CT molecular complexity index is 500. The minimum atomic E-state index is 0.489. The summed E-state index contributed by atoms with van der Waals surface area (Å²) in [6.07, 6.45) is 1.06.